The number of hydrogen-bond acceptors (Lipinski definition) is 3. The fraction of sp³-hybridized carbons (Fsp3) is 0.308. The largest absolute Gasteiger partial charge is 0.394 e. The summed E-state index contributed by atoms with van der Waals surface area (Å²) in [4.78, 5) is 0. The third-order valence-electron chi connectivity index (χ3n) is 2.77. The van der Waals surface area contributed by atoms with Crippen molar-refractivity contribution < 1.29 is 9.50 Å². The zero-order valence-electron chi connectivity index (χ0n) is 10.5. The van der Waals surface area contributed by atoms with Gasteiger partial charge in [0.2, 0.25) is 0 Å². The van der Waals surface area contributed by atoms with Crippen LogP contribution in [0.25, 0.3) is 0 Å². The summed E-state index contributed by atoms with van der Waals surface area (Å²) in [6.45, 7) is 2.51. The molecule has 0 aliphatic rings. The van der Waals surface area contributed by atoms with Crippen LogP contribution >= 0.6 is 15.9 Å². The van der Waals surface area contributed by atoms with Crippen molar-refractivity contribution >= 4 is 21.6 Å². The van der Waals surface area contributed by atoms with Gasteiger partial charge in [0.25, 0.3) is 0 Å². The van der Waals surface area contributed by atoms with Crippen molar-refractivity contribution in [2.24, 2.45) is 0 Å². The number of aliphatic hydroxyl groups is 1. The number of aromatic nitrogens is 2. The molecule has 1 aromatic carbocycles. The molecule has 1 heterocycles. The van der Waals surface area contributed by atoms with Crippen molar-refractivity contribution in [3.63, 3.8) is 0 Å². The van der Waals surface area contributed by atoms with Crippen LogP contribution in [0.4, 0.5) is 10.1 Å². The zero-order chi connectivity index (χ0) is 13.8. The first kappa shape index (κ1) is 14.0. The van der Waals surface area contributed by atoms with Crippen LogP contribution in [0, 0.1) is 5.82 Å². The summed E-state index contributed by atoms with van der Waals surface area (Å²) in [7, 11) is 0. The summed E-state index contributed by atoms with van der Waals surface area (Å²) in [6, 6.07) is 4.65. The molecule has 2 rings (SSSR count). The van der Waals surface area contributed by atoms with E-state index in [2.05, 4.69) is 26.3 Å². The van der Waals surface area contributed by atoms with Gasteiger partial charge in [0.1, 0.15) is 5.82 Å². The van der Waals surface area contributed by atoms with Gasteiger partial charge < -0.3 is 10.4 Å². The second-order valence-corrected chi connectivity index (χ2v) is 5.10. The van der Waals surface area contributed by atoms with Crippen LogP contribution in [0.3, 0.4) is 0 Å². The van der Waals surface area contributed by atoms with E-state index in [1.54, 1.807) is 16.9 Å². The van der Waals surface area contributed by atoms with Gasteiger partial charge in [0.05, 0.1) is 25.0 Å². The Morgan fingerprint density at radius 3 is 3.00 bits per heavy atom. The van der Waals surface area contributed by atoms with Gasteiger partial charge in [-0.3, -0.25) is 4.68 Å². The standard InChI is InChI=1S/C13H15BrFN3O/c1-9(12-3-2-10(15)6-13(12)14)17-11-7-16-18(8-11)4-5-19/h2-3,6-9,17,19H,4-5H2,1H3. The maximum atomic E-state index is 13.0. The second kappa shape index (κ2) is 6.16. The molecule has 4 nitrogen and oxygen atoms in total. The number of anilines is 1. The van der Waals surface area contributed by atoms with Crippen molar-refractivity contribution in [3.8, 4) is 0 Å². The highest BCUT2D eigenvalue weighted by atomic mass is 79.9. The minimum atomic E-state index is -0.265. The number of nitrogens with one attached hydrogen (secondary N) is 1. The van der Waals surface area contributed by atoms with Gasteiger partial charge in [-0.1, -0.05) is 22.0 Å². The van der Waals surface area contributed by atoms with Crippen LogP contribution in [0.5, 0.6) is 0 Å². The van der Waals surface area contributed by atoms with Crippen molar-refractivity contribution in [3.05, 3.63) is 46.4 Å². The fourth-order valence-electron chi connectivity index (χ4n) is 1.84. The van der Waals surface area contributed by atoms with Gasteiger partial charge in [-0.2, -0.15) is 5.10 Å². The van der Waals surface area contributed by atoms with Crippen LogP contribution in [-0.4, -0.2) is 21.5 Å². The first-order chi connectivity index (χ1) is 9.10. The molecule has 0 radical (unpaired) electrons. The maximum absolute atomic E-state index is 13.0. The lowest BCUT2D eigenvalue weighted by Gasteiger charge is -2.15. The smallest absolute Gasteiger partial charge is 0.124 e. The van der Waals surface area contributed by atoms with Crippen molar-refractivity contribution in [2.45, 2.75) is 19.5 Å². The molecule has 0 saturated carbocycles. The van der Waals surface area contributed by atoms with Gasteiger partial charge in [-0.05, 0) is 24.6 Å². The average Bonchev–Trinajstić information content (AvgIpc) is 2.76. The monoisotopic (exact) mass is 327 g/mol. The third-order valence-corrected chi connectivity index (χ3v) is 3.46. The molecule has 0 aliphatic carbocycles. The molecular weight excluding hydrogens is 313 g/mol. The topological polar surface area (TPSA) is 50.1 Å². The minimum Gasteiger partial charge on any atom is -0.394 e. The summed E-state index contributed by atoms with van der Waals surface area (Å²) in [5.74, 6) is -0.265. The first-order valence-electron chi connectivity index (χ1n) is 5.95. The molecule has 2 N–H and O–H groups in total. The lowest BCUT2D eigenvalue weighted by Crippen LogP contribution is -2.07. The average molecular weight is 328 g/mol. The van der Waals surface area contributed by atoms with Gasteiger partial charge in [-0.25, -0.2) is 4.39 Å². The molecule has 1 aromatic heterocycles. The SMILES string of the molecule is CC(Nc1cnn(CCO)c1)c1ccc(F)cc1Br. The number of nitrogens with zero attached hydrogens (tertiary/aromatic N) is 2. The molecule has 1 unspecified atom stereocenters. The summed E-state index contributed by atoms with van der Waals surface area (Å²) in [5, 5.41) is 16.2. The van der Waals surface area contributed by atoms with E-state index in [1.807, 2.05) is 13.1 Å². The predicted octanol–water partition coefficient (Wildman–Crippen LogP) is 2.95. The second-order valence-electron chi connectivity index (χ2n) is 4.25. The van der Waals surface area contributed by atoms with E-state index in [0.717, 1.165) is 15.7 Å². The van der Waals surface area contributed by atoms with E-state index < -0.39 is 0 Å². The molecule has 0 amide bonds. The highest BCUT2D eigenvalue weighted by Crippen LogP contribution is 2.26. The molecule has 1 atom stereocenters. The fourth-order valence-corrected chi connectivity index (χ4v) is 2.54. The van der Waals surface area contributed by atoms with E-state index in [1.165, 1.54) is 12.1 Å². The lowest BCUT2D eigenvalue weighted by atomic mass is 10.1. The summed E-state index contributed by atoms with van der Waals surface area (Å²) in [6.07, 6.45) is 3.52. The number of hydrogen-bond donors (Lipinski definition) is 2. The molecule has 102 valence electrons. The van der Waals surface area contributed by atoms with Gasteiger partial charge in [0.15, 0.2) is 0 Å². The van der Waals surface area contributed by atoms with Crippen molar-refractivity contribution in [1.29, 1.82) is 0 Å². The van der Waals surface area contributed by atoms with E-state index >= 15 is 0 Å². The van der Waals surface area contributed by atoms with Crippen LogP contribution in [0.15, 0.2) is 35.1 Å². The Labute approximate surface area is 119 Å². The molecule has 0 aliphatic heterocycles. The number of benzene rings is 1. The summed E-state index contributed by atoms with van der Waals surface area (Å²) >= 11 is 3.36. The molecule has 0 spiro atoms. The third kappa shape index (κ3) is 3.54. The molecule has 0 saturated heterocycles. The first-order valence-corrected chi connectivity index (χ1v) is 6.74. The lowest BCUT2D eigenvalue weighted by molar-refractivity contribution is 0.269. The maximum Gasteiger partial charge on any atom is 0.124 e. The number of rotatable bonds is 5. The number of aliphatic hydroxyl groups excluding tert-OH is 1. The summed E-state index contributed by atoms with van der Waals surface area (Å²) < 4.78 is 15.4. The Kier molecular flexibility index (Phi) is 4.55. The minimum absolute atomic E-state index is 0.0155. The van der Waals surface area contributed by atoms with Crippen LogP contribution in [0.2, 0.25) is 0 Å². The highest BCUT2D eigenvalue weighted by molar-refractivity contribution is 9.10. The predicted molar refractivity (Wildman–Crippen MR) is 75.5 cm³/mol. The molecule has 6 heteroatoms. The molecular formula is C13H15BrFN3O. The van der Waals surface area contributed by atoms with Crippen LogP contribution in [0.1, 0.15) is 18.5 Å². The van der Waals surface area contributed by atoms with Crippen LogP contribution in [-0.2, 0) is 6.54 Å². The van der Waals surface area contributed by atoms with E-state index in [9.17, 15) is 4.39 Å². The molecule has 0 fully saturated rings. The normalized spacial score (nSPS) is 12.4. The Morgan fingerprint density at radius 2 is 2.32 bits per heavy atom. The zero-order valence-corrected chi connectivity index (χ0v) is 12.1. The van der Waals surface area contributed by atoms with Crippen LogP contribution < -0.4 is 5.32 Å². The Bertz CT molecular complexity index is 559. The number of halogens is 2. The summed E-state index contributed by atoms with van der Waals surface area (Å²) in [5.41, 5.74) is 1.83. The Hall–Kier alpha value is -1.40. The van der Waals surface area contributed by atoms with Crippen molar-refractivity contribution in [2.75, 3.05) is 11.9 Å². The van der Waals surface area contributed by atoms with E-state index in [4.69, 9.17) is 5.11 Å². The Morgan fingerprint density at radius 1 is 1.53 bits per heavy atom. The molecule has 0 bridgehead atoms. The van der Waals surface area contributed by atoms with Gasteiger partial charge in [0, 0.05) is 16.7 Å². The molecule has 19 heavy (non-hydrogen) atoms. The van der Waals surface area contributed by atoms with Crippen molar-refractivity contribution in [1.82, 2.24) is 9.78 Å². The Balaban J connectivity index is 2.09. The van der Waals surface area contributed by atoms with E-state index in [0.29, 0.717) is 6.54 Å². The quantitative estimate of drug-likeness (QED) is 0.887. The van der Waals surface area contributed by atoms with Gasteiger partial charge >= 0.3 is 0 Å². The van der Waals surface area contributed by atoms with E-state index in [-0.39, 0.29) is 18.5 Å². The highest BCUT2D eigenvalue weighted by Gasteiger charge is 2.11. The molecule has 2 aromatic rings. The van der Waals surface area contributed by atoms with Gasteiger partial charge in [-0.15, -0.1) is 0 Å².